The Hall–Kier alpha value is -1.35. The van der Waals surface area contributed by atoms with Gasteiger partial charge in [0.15, 0.2) is 0 Å². The fourth-order valence-electron chi connectivity index (χ4n) is 3.89. The van der Waals surface area contributed by atoms with Crippen LogP contribution in [-0.2, 0) is 11.2 Å². The highest BCUT2D eigenvalue weighted by atomic mass is 16.2. The lowest BCUT2D eigenvalue weighted by Crippen LogP contribution is -2.47. The van der Waals surface area contributed by atoms with Crippen molar-refractivity contribution in [2.75, 3.05) is 19.6 Å². The second-order valence-electron chi connectivity index (χ2n) is 6.54. The standard InChI is InChI=1S/C18H26N2O/c1-2-18(10-11-19-14-18)17(21)20-12-6-9-16(20)13-15-7-4-3-5-8-15/h3-5,7-8,16,19H,2,6,9-14H2,1H3. The Kier molecular flexibility index (Phi) is 4.29. The van der Waals surface area contributed by atoms with Crippen LogP contribution in [0.5, 0.6) is 0 Å². The molecule has 2 fully saturated rings. The average Bonchev–Trinajstić information content (AvgIpc) is 3.17. The maximum absolute atomic E-state index is 13.1. The monoisotopic (exact) mass is 286 g/mol. The van der Waals surface area contributed by atoms with Crippen LogP contribution in [-0.4, -0.2) is 36.5 Å². The largest absolute Gasteiger partial charge is 0.339 e. The molecule has 1 aromatic carbocycles. The Morgan fingerprint density at radius 1 is 1.38 bits per heavy atom. The van der Waals surface area contributed by atoms with E-state index in [0.29, 0.717) is 11.9 Å². The molecule has 0 bridgehead atoms. The Morgan fingerprint density at radius 2 is 2.19 bits per heavy atom. The molecule has 3 rings (SSSR count). The Balaban J connectivity index is 1.73. The summed E-state index contributed by atoms with van der Waals surface area (Å²) in [6.07, 6.45) is 5.24. The molecule has 0 radical (unpaired) electrons. The highest BCUT2D eigenvalue weighted by Gasteiger charge is 2.44. The van der Waals surface area contributed by atoms with Crippen molar-refractivity contribution in [2.24, 2.45) is 5.41 Å². The van der Waals surface area contributed by atoms with Crippen LogP contribution in [0.1, 0.15) is 38.2 Å². The van der Waals surface area contributed by atoms with Crippen LogP contribution in [0, 0.1) is 5.41 Å². The highest BCUT2D eigenvalue weighted by Crippen LogP contribution is 2.35. The van der Waals surface area contributed by atoms with Crippen molar-refractivity contribution in [3.8, 4) is 0 Å². The first-order valence-electron chi connectivity index (χ1n) is 8.31. The number of hydrogen-bond acceptors (Lipinski definition) is 2. The van der Waals surface area contributed by atoms with Crippen molar-refractivity contribution in [1.29, 1.82) is 0 Å². The van der Waals surface area contributed by atoms with Crippen molar-refractivity contribution >= 4 is 5.91 Å². The number of nitrogens with zero attached hydrogens (tertiary/aromatic N) is 1. The molecule has 1 N–H and O–H groups in total. The average molecular weight is 286 g/mol. The summed E-state index contributed by atoms with van der Waals surface area (Å²) < 4.78 is 0. The summed E-state index contributed by atoms with van der Waals surface area (Å²) in [5.41, 5.74) is 1.21. The van der Waals surface area contributed by atoms with Crippen LogP contribution in [0.2, 0.25) is 0 Å². The minimum absolute atomic E-state index is 0.140. The van der Waals surface area contributed by atoms with Crippen molar-refractivity contribution in [2.45, 2.75) is 45.1 Å². The number of benzene rings is 1. The van der Waals surface area contributed by atoms with E-state index in [0.717, 1.165) is 51.7 Å². The van der Waals surface area contributed by atoms with E-state index < -0.39 is 0 Å². The summed E-state index contributed by atoms with van der Waals surface area (Å²) in [6, 6.07) is 11.0. The molecule has 0 aliphatic carbocycles. The van der Waals surface area contributed by atoms with E-state index >= 15 is 0 Å². The van der Waals surface area contributed by atoms with Gasteiger partial charge >= 0.3 is 0 Å². The maximum Gasteiger partial charge on any atom is 0.230 e. The fraction of sp³-hybridized carbons (Fsp3) is 0.611. The second kappa shape index (κ2) is 6.18. The molecule has 3 nitrogen and oxygen atoms in total. The SMILES string of the molecule is CCC1(C(=O)N2CCCC2Cc2ccccc2)CCNC1. The number of rotatable bonds is 4. The minimum atomic E-state index is -0.140. The lowest BCUT2D eigenvalue weighted by atomic mass is 9.82. The zero-order valence-electron chi connectivity index (χ0n) is 13.0. The van der Waals surface area contributed by atoms with E-state index in [4.69, 9.17) is 0 Å². The summed E-state index contributed by atoms with van der Waals surface area (Å²) in [4.78, 5) is 15.3. The van der Waals surface area contributed by atoms with E-state index in [1.54, 1.807) is 0 Å². The quantitative estimate of drug-likeness (QED) is 0.923. The van der Waals surface area contributed by atoms with Gasteiger partial charge in [0.25, 0.3) is 0 Å². The van der Waals surface area contributed by atoms with Gasteiger partial charge in [-0.2, -0.15) is 0 Å². The molecule has 21 heavy (non-hydrogen) atoms. The molecule has 3 heteroatoms. The third-order valence-corrected chi connectivity index (χ3v) is 5.33. The Labute approximate surface area is 127 Å². The zero-order valence-corrected chi connectivity index (χ0v) is 13.0. The molecule has 1 amide bonds. The van der Waals surface area contributed by atoms with Gasteiger partial charge in [0.2, 0.25) is 5.91 Å². The van der Waals surface area contributed by atoms with Gasteiger partial charge in [0, 0.05) is 19.1 Å². The molecule has 2 heterocycles. The first-order chi connectivity index (χ1) is 10.2. The molecule has 2 saturated heterocycles. The smallest absolute Gasteiger partial charge is 0.230 e. The van der Waals surface area contributed by atoms with Gasteiger partial charge in [-0.15, -0.1) is 0 Å². The number of nitrogens with one attached hydrogen (secondary N) is 1. The first kappa shape index (κ1) is 14.6. The lowest BCUT2D eigenvalue weighted by Gasteiger charge is -2.34. The number of likely N-dealkylation sites (tertiary alicyclic amines) is 1. The molecule has 2 aliphatic heterocycles. The molecule has 1 aromatic rings. The first-order valence-corrected chi connectivity index (χ1v) is 8.31. The van der Waals surface area contributed by atoms with E-state index in [-0.39, 0.29) is 5.41 Å². The molecule has 2 unspecified atom stereocenters. The Morgan fingerprint density at radius 3 is 2.86 bits per heavy atom. The predicted molar refractivity (Wildman–Crippen MR) is 85.1 cm³/mol. The number of amides is 1. The van der Waals surface area contributed by atoms with E-state index in [1.165, 1.54) is 5.56 Å². The summed E-state index contributed by atoms with van der Waals surface area (Å²) in [6.45, 7) is 4.94. The molecular formula is C18H26N2O. The molecule has 0 spiro atoms. The van der Waals surface area contributed by atoms with Gasteiger partial charge in [-0.1, -0.05) is 37.3 Å². The van der Waals surface area contributed by atoms with E-state index in [2.05, 4.69) is 47.5 Å². The van der Waals surface area contributed by atoms with Gasteiger partial charge in [0.1, 0.15) is 0 Å². The lowest BCUT2D eigenvalue weighted by molar-refractivity contribution is -0.142. The fourth-order valence-corrected chi connectivity index (χ4v) is 3.89. The molecule has 0 aromatic heterocycles. The highest BCUT2D eigenvalue weighted by molar-refractivity contribution is 5.84. The van der Waals surface area contributed by atoms with Crippen LogP contribution in [0.15, 0.2) is 30.3 Å². The van der Waals surface area contributed by atoms with Gasteiger partial charge in [-0.25, -0.2) is 0 Å². The molecule has 2 aliphatic rings. The zero-order chi connectivity index (χ0) is 14.7. The number of carbonyl (C=O) groups excluding carboxylic acids is 1. The topological polar surface area (TPSA) is 32.3 Å². The molecular weight excluding hydrogens is 260 g/mol. The summed E-state index contributed by atoms with van der Waals surface area (Å²) >= 11 is 0. The Bertz CT molecular complexity index is 479. The van der Waals surface area contributed by atoms with Crippen molar-refractivity contribution in [1.82, 2.24) is 10.2 Å². The van der Waals surface area contributed by atoms with Crippen LogP contribution in [0.4, 0.5) is 0 Å². The summed E-state index contributed by atoms with van der Waals surface area (Å²) in [5, 5.41) is 3.39. The molecule has 2 atom stereocenters. The molecule has 0 saturated carbocycles. The normalized spacial score (nSPS) is 29.0. The maximum atomic E-state index is 13.1. The van der Waals surface area contributed by atoms with Crippen LogP contribution < -0.4 is 5.32 Å². The minimum Gasteiger partial charge on any atom is -0.339 e. The van der Waals surface area contributed by atoms with Gasteiger partial charge < -0.3 is 10.2 Å². The predicted octanol–water partition coefficient (Wildman–Crippen LogP) is 2.61. The third-order valence-electron chi connectivity index (χ3n) is 5.33. The number of hydrogen-bond donors (Lipinski definition) is 1. The van der Waals surface area contributed by atoms with Gasteiger partial charge in [-0.05, 0) is 44.2 Å². The van der Waals surface area contributed by atoms with Crippen LogP contribution in [0.25, 0.3) is 0 Å². The van der Waals surface area contributed by atoms with E-state index in [9.17, 15) is 4.79 Å². The van der Waals surface area contributed by atoms with Crippen molar-refractivity contribution < 1.29 is 4.79 Å². The van der Waals surface area contributed by atoms with Gasteiger partial charge in [-0.3, -0.25) is 4.79 Å². The van der Waals surface area contributed by atoms with Crippen LogP contribution >= 0.6 is 0 Å². The number of carbonyl (C=O) groups is 1. The van der Waals surface area contributed by atoms with Gasteiger partial charge in [0.05, 0.1) is 5.41 Å². The summed E-state index contributed by atoms with van der Waals surface area (Å²) in [5.74, 6) is 0.397. The molecule has 114 valence electrons. The van der Waals surface area contributed by atoms with E-state index in [1.807, 2.05) is 0 Å². The third kappa shape index (κ3) is 2.84. The second-order valence-corrected chi connectivity index (χ2v) is 6.54. The van der Waals surface area contributed by atoms with Crippen molar-refractivity contribution in [3.05, 3.63) is 35.9 Å². The summed E-state index contributed by atoms with van der Waals surface area (Å²) in [7, 11) is 0. The van der Waals surface area contributed by atoms with Crippen molar-refractivity contribution in [3.63, 3.8) is 0 Å². The van der Waals surface area contributed by atoms with Crippen LogP contribution in [0.3, 0.4) is 0 Å².